The minimum absolute atomic E-state index is 0.171. The van der Waals surface area contributed by atoms with Crippen LogP contribution in [0, 0.1) is 46.3 Å². The number of rotatable bonds is 2. The molecule has 0 aliphatic heterocycles. The fourth-order valence-electron chi connectivity index (χ4n) is 1.27. The minimum atomic E-state index is 0.171. The van der Waals surface area contributed by atoms with Crippen molar-refractivity contribution in [1.82, 2.24) is 0 Å². The molecule has 2 rings (SSSR count). The molecule has 4 heteroatoms. The van der Waals surface area contributed by atoms with Crippen LogP contribution in [0.3, 0.4) is 0 Å². The molecular formula is C10H15N3O. The highest BCUT2D eigenvalue weighted by molar-refractivity contribution is 5.01. The van der Waals surface area contributed by atoms with Crippen LogP contribution in [0.5, 0.6) is 0 Å². The maximum atomic E-state index is 8.36. The fraction of sp³-hybridized carbons (Fsp3) is 0.800. The summed E-state index contributed by atoms with van der Waals surface area (Å²) in [6, 6.07) is 4.24. The molecule has 3 N–H and O–H groups in total. The van der Waals surface area contributed by atoms with Crippen molar-refractivity contribution in [2.45, 2.75) is 12.8 Å². The second-order valence-corrected chi connectivity index (χ2v) is 3.88. The summed E-state index contributed by atoms with van der Waals surface area (Å²) >= 11 is 0. The van der Waals surface area contributed by atoms with E-state index in [4.69, 9.17) is 21.4 Å². The lowest BCUT2D eigenvalue weighted by Gasteiger charge is -1.78. The highest BCUT2D eigenvalue weighted by Gasteiger charge is 2.36. The molecule has 0 aromatic carbocycles. The van der Waals surface area contributed by atoms with Crippen molar-refractivity contribution in [3.05, 3.63) is 0 Å². The summed E-state index contributed by atoms with van der Waals surface area (Å²) < 4.78 is 0. The first kappa shape index (κ1) is 11.0. The Labute approximate surface area is 83.9 Å². The van der Waals surface area contributed by atoms with E-state index in [0.717, 1.165) is 12.8 Å². The van der Waals surface area contributed by atoms with E-state index in [1.54, 1.807) is 0 Å². The first-order valence-electron chi connectivity index (χ1n) is 4.87. The van der Waals surface area contributed by atoms with Gasteiger partial charge in [-0.05, 0) is 31.2 Å². The molecule has 0 heterocycles. The van der Waals surface area contributed by atoms with Gasteiger partial charge in [0.2, 0.25) is 0 Å². The summed E-state index contributed by atoms with van der Waals surface area (Å²) in [4.78, 5) is 0. The van der Waals surface area contributed by atoms with Crippen molar-refractivity contribution in [2.75, 3.05) is 13.2 Å². The molecule has 0 bridgehead atoms. The maximum absolute atomic E-state index is 8.36. The van der Waals surface area contributed by atoms with Crippen LogP contribution in [0.2, 0.25) is 0 Å². The molecule has 0 radical (unpaired) electrons. The van der Waals surface area contributed by atoms with E-state index in [0.29, 0.717) is 24.3 Å². The molecule has 2 saturated carbocycles. The van der Waals surface area contributed by atoms with E-state index in [1.165, 1.54) is 0 Å². The molecule has 14 heavy (non-hydrogen) atoms. The van der Waals surface area contributed by atoms with Gasteiger partial charge in [0.15, 0.2) is 0 Å². The van der Waals surface area contributed by atoms with Crippen molar-refractivity contribution < 1.29 is 5.11 Å². The normalized spacial score (nSPS) is 37.1. The number of hydrogen-bond acceptors (Lipinski definition) is 4. The molecule has 0 aromatic heterocycles. The van der Waals surface area contributed by atoms with Crippen LogP contribution in [0.15, 0.2) is 0 Å². The van der Waals surface area contributed by atoms with E-state index in [1.807, 2.05) is 0 Å². The molecule has 2 aliphatic carbocycles. The molecule has 4 unspecified atom stereocenters. The minimum Gasteiger partial charge on any atom is -0.396 e. The van der Waals surface area contributed by atoms with Crippen molar-refractivity contribution in [3.63, 3.8) is 0 Å². The zero-order chi connectivity index (χ0) is 10.6. The summed E-state index contributed by atoms with van der Waals surface area (Å²) in [5, 5.41) is 24.7. The molecule has 0 spiro atoms. The third-order valence-corrected chi connectivity index (χ3v) is 2.71. The van der Waals surface area contributed by atoms with Gasteiger partial charge in [0, 0.05) is 6.61 Å². The van der Waals surface area contributed by atoms with Crippen LogP contribution in [-0.4, -0.2) is 18.3 Å². The fourth-order valence-corrected chi connectivity index (χ4v) is 1.27. The van der Waals surface area contributed by atoms with Crippen LogP contribution in [0.25, 0.3) is 0 Å². The average Bonchev–Trinajstić information content (AvgIpc) is 3.12. The number of hydrogen-bond donors (Lipinski definition) is 2. The van der Waals surface area contributed by atoms with Gasteiger partial charge in [0.05, 0.1) is 24.0 Å². The van der Waals surface area contributed by atoms with E-state index in [2.05, 4.69) is 12.1 Å². The Kier molecular flexibility index (Phi) is 3.88. The Morgan fingerprint density at radius 1 is 1.14 bits per heavy atom. The Bertz CT molecular complexity index is 238. The Balaban J connectivity index is 0.000000140. The predicted molar refractivity (Wildman–Crippen MR) is 50.6 cm³/mol. The van der Waals surface area contributed by atoms with Gasteiger partial charge in [-0.2, -0.15) is 10.5 Å². The number of aliphatic hydroxyl groups excluding tert-OH is 1. The lowest BCUT2D eigenvalue weighted by molar-refractivity contribution is 0.273. The molecule has 0 saturated heterocycles. The molecule has 0 amide bonds. The first-order valence-corrected chi connectivity index (χ1v) is 4.87. The second kappa shape index (κ2) is 4.95. The molecule has 0 aromatic rings. The highest BCUT2D eigenvalue weighted by Crippen LogP contribution is 2.36. The SMILES string of the molecule is N#CC1CC1CN.N#CC1CC1CO. The van der Waals surface area contributed by atoms with Crippen LogP contribution < -0.4 is 5.73 Å². The van der Waals surface area contributed by atoms with Gasteiger partial charge in [-0.3, -0.25) is 0 Å². The Morgan fingerprint density at radius 3 is 1.79 bits per heavy atom. The van der Waals surface area contributed by atoms with Crippen molar-refractivity contribution in [2.24, 2.45) is 29.4 Å². The lowest BCUT2D eigenvalue weighted by Crippen LogP contribution is -2.01. The number of nitriles is 2. The van der Waals surface area contributed by atoms with Crippen molar-refractivity contribution in [1.29, 1.82) is 10.5 Å². The van der Waals surface area contributed by atoms with E-state index >= 15 is 0 Å². The zero-order valence-corrected chi connectivity index (χ0v) is 8.06. The smallest absolute Gasteiger partial charge is 0.0659 e. The molecule has 2 aliphatic rings. The Morgan fingerprint density at radius 2 is 1.64 bits per heavy atom. The van der Waals surface area contributed by atoms with E-state index in [-0.39, 0.29) is 12.5 Å². The largest absolute Gasteiger partial charge is 0.396 e. The van der Waals surface area contributed by atoms with Gasteiger partial charge in [0.25, 0.3) is 0 Å². The summed E-state index contributed by atoms with van der Waals surface area (Å²) in [7, 11) is 0. The van der Waals surface area contributed by atoms with Crippen molar-refractivity contribution >= 4 is 0 Å². The average molecular weight is 193 g/mol. The molecule has 4 atom stereocenters. The summed E-state index contributed by atoms with van der Waals surface area (Å²) in [5.41, 5.74) is 5.25. The monoisotopic (exact) mass is 193 g/mol. The van der Waals surface area contributed by atoms with Crippen molar-refractivity contribution in [3.8, 4) is 12.1 Å². The van der Waals surface area contributed by atoms with E-state index < -0.39 is 0 Å². The molecule has 76 valence electrons. The van der Waals surface area contributed by atoms with Gasteiger partial charge < -0.3 is 10.8 Å². The van der Waals surface area contributed by atoms with Gasteiger partial charge >= 0.3 is 0 Å². The quantitative estimate of drug-likeness (QED) is 0.657. The number of aliphatic hydroxyl groups is 1. The molecule has 4 nitrogen and oxygen atoms in total. The Hall–Kier alpha value is -1.10. The van der Waals surface area contributed by atoms with Crippen LogP contribution >= 0.6 is 0 Å². The maximum Gasteiger partial charge on any atom is 0.0659 e. The van der Waals surface area contributed by atoms with Crippen LogP contribution in [0.4, 0.5) is 0 Å². The van der Waals surface area contributed by atoms with Gasteiger partial charge in [-0.15, -0.1) is 0 Å². The van der Waals surface area contributed by atoms with Gasteiger partial charge in [-0.25, -0.2) is 0 Å². The topological polar surface area (TPSA) is 93.8 Å². The second-order valence-electron chi connectivity index (χ2n) is 3.88. The summed E-state index contributed by atoms with van der Waals surface area (Å²) in [6.45, 7) is 0.885. The highest BCUT2D eigenvalue weighted by atomic mass is 16.3. The zero-order valence-electron chi connectivity index (χ0n) is 8.06. The van der Waals surface area contributed by atoms with Gasteiger partial charge in [-0.1, -0.05) is 0 Å². The first-order chi connectivity index (χ1) is 6.76. The third-order valence-electron chi connectivity index (χ3n) is 2.71. The summed E-state index contributed by atoms with van der Waals surface area (Å²) in [5.74, 6) is 1.31. The predicted octanol–water partition coefficient (Wildman–Crippen LogP) is 0.243. The molecular weight excluding hydrogens is 178 g/mol. The number of nitrogens with zero attached hydrogens (tertiary/aromatic N) is 2. The number of nitrogens with two attached hydrogens (primary N) is 1. The van der Waals surface area contributed by atoms with Crippen LogP contribution in [0.1, 0.15) is 12.8 Å². The lowest BCUT2D eigenvalue weighted by atomic mass is 10.3. The third kappa shape index (κ3) is 2.99. The van der Waals surface area contributed by atoms with E-state index in [9.17, 15) is 0 Å². The van der Waals surface area contributed by atoms with Crippen LogP contribution in [-0.2, 0) is 0 Å². The summed E-state index contributed by atoms with van der Waals surface area (Å²) in [6.07, 6.45) is 1.94. The standard InChI is InChI=1S/C5H8N2.C5H7NO/c2*6-2-4-1-5(4)3-7/h4-5H,1-2,6H2;4-5,7H,1,3H2. The van der Waals surface area contributed by atoms with Gasteiger partial charge in [0.1, 0.15) is 0 Å². The molecule has 2 fully saturated rings.